The molecule has 30 heavy (non-hydrogen) atoms. The average Bonchev–Trinajstić information content (AvgIpc) is 3.18. The van der Waals surface area contributed by atoms with Crippen LogP contribution in [-0.4, -0.2) is 33.4 Å². The number of aromatic amines is 2. The van der Waals surface area contributed by atoms with Gasteiger partial charge >= 0.3 is 5.69 Å². The molecule has 4 aromatic rings. The second-order valence-electron chi connectivity index (χ2n) is 6.15. The van der Waals surface area contributed by atoms with Crippen molar-refractivity contribution in [1.29, 1.82) is 0 Å². The number of halogens is 1. The topological polar surface area (TPSA) is 143 Å². The number of nitrogens with zero attached hydrogens (tertiary/aromatic N) is 3. The molecule has 0 aliphatic rings. The van der Waals surface area contributed by atoms with Gasteiger partial charge in [-0.05, 0) is 30.3 Å². The van der Waals surface area contributed by atoms with Gasteiger partial charge in [-0.15, -0.1) is 5.10 Å². The quantitative estimate of drug-likeness (QED) is 0.428. The summed E-state index contributed by atoms with van der Waals surface area (Å²) in [6.45, 7) is 0. The van der Waals surface area contributed by atoms with Crippen molar-refractivity contribution in [2.45, 2.75) is 4.90 Å². The molecule has 0 radical (unpaired) electrons. The van der Waals surface area contributed by atoms with Crippen LogP contribution in [-0.2, 0) is 10.0 Å². The SMILES string of the molecule is O=c1[nH]cc(S(=O)(=O)Nc2ccc(-c3cn(-c4cccc(Cl)c4)nn3)cc2)c(=O)[nH]1. The Labute approximate surface area is 174 Å². The van der Waals surface area contributed by atoms with Crippen LogP contribution >= 0.6 is 11.6 Å². The molecule has 0 saturated heterocycles. The number of benzene rings is 2. The summed E-state index contributed by atoms with van der Waals surface area (Å²) in [4.78, 5) is 26.2. The monoisotopic (exact) mass is 444 g/mol. The van der Waals surface area contributed by atoms with Crippen LogP contribution in [0.4, 0.5) is 5.69 Å². The van der Waals surface area contributed by atoms with Crippen LogP contribution in [0.5, 0.6) is 0 Å². The molecule has 0 aliphatic carbocycles. The van der Waals surface area contributed by atoms with Crippen molar-refractivity contribution in [3.63, 3.8) is 0 Å². The molecule has 2 aromatic carbocycles. The summed E-state index contributed by atoms with van der Waals surface area (Å²) in [6, 6.07) is 13.5. The van der Waals surface area contributed by atoms with Crippen LogP contribution in [0.15, 0.2) is 75.4 Å². The van der Waals surface area contributed by atoms with Gasteiger partial charge in [0, 0.05) is 22.5 Å². The Bertz CT molecular complexity index is 1440. The number of nitrogens with one attached hydrogen (secondary N) is 3. The zero-order chi connectivity index (χ0) is 21.3. The average molecular weight is 445 g/mol. The molecule has 0 aliphatic heterocycles. The third kappa shape index (κ3) is 4.02. The minimum atomic E-state index is -4.18. The summed E-state index contributed by atoms with van der Waals surface area (Å²) in [5.41, 5.74) is 0.438. The maximum atomic E-state index is 12.4. The first-order valence-corrected chi connectivity index (χ1v) is 10.3. The highest BCUT2D eigenvalue weighted by Gasteiger charge is 2.19. The van der Waals surface area contributed by atoms with Gasteiger partial charge in [0.15, 0.2) is 4.90 Å². The number of H-pyrrole nitrogens is 2. The third-order valence-corrected chi connectivity index (χ3v) is 5.70. The van der Waals surface area contributed by atoms with Gasteiger partial charge in [-0.2, -0.15) is 0 Å². The van der Waals surface area contributed by atoms with E-state index in [4.69, 9.17) is 11.6 Å². The fourth-order valence-electron chi connectivity index (χ4n) is 2.66. The standard InChI is InChI=1S/C18H13ClN6O4S/c19-12-2-1-3-14(8-12)25-10-15(22-24-25)11-4-6-13(7-5-11)23-30(28,29)16-9-20-18(27)21-17(16)26/h1-10,23H,(H2,20,21,26,27). The Balaban J connectivity index is 1.56. The highest BCUT2D eigenvalue weighted by molar-refractivity contribution is 7.92. The van der Waals surface area contributed by atoms with Crippen molar-refractivity contribution in [1.82, 2.24) is 25.0 Å². The van der Waals surface area contributed by atoms with E-state index in [1.165, 1.54) is 12.1 Å². The molecule has 0 fully saturated rings. The molecule has 12 heteroatoms. The Morgan fingerprint density at radius 3 is 2.53 bits per heavy atom. The van der Waals surface area contributed by atoms with Crippen LogP contribution in [0.1, 0.15) is 0 Å². The van der Waals surface area contributed by atoms with E-state index in [2.05, 4.69) is 20.0 Å². The van der Waals surface area contributed by atoms with Gasteiger partial charge in [0.1, 0.15) is 5.69 Å². The molecular weight excluding hydrogens is 432 g/mol. The third-order valence-electron chi connectivity index (χ3n) is 4.07. The van der Waals surface area contributed by atoms with E-state index in [-0.39, 0.29) is 5.69 Å². The fourth-order valence-corrected chi connectivity index (χ4v) is 3.91. The van der Waals surface area contributed by atoms with Gasteiger partial charge in [0.2, 0.25) is 0 Å². The summed E-state index contributed by atoms with van der Waals surface area (Å²) >= 11 is 5.99. The van der Waals surface area contributed by atoms with Gasteiger partial charge in [0.05, 0.1) is 11.9 Å². The number of hydrogen-bond acceptors (Lipinski definition) is 6. The molecule has 2 heterocycles. The Morgan fingerprint density at radius 1 is 1.07 bits per heavy atom. The lowest BCUT2D eigenvalue weighted by Gasteiger charge is -2.07. The summed E-state index contributed by atoms with van der Waals surface area (Å²) in [5.74, 6) is 0. The molecule has 4 rings (SSSR count). The number of aromatic nitrogens is 5. The Morgan fingerprint density at radius 2 is 1.83 bits per heavy atom. The normalized spacial score (nSPS) is 11.4. The molecule has 0 unspecified atom stereocenters. The van der Waals surface area contributed by atoms with E-state index in [9.17, 15) is 18.0 Å². The van der Waals surface area contributed by atoms with E-state index < -0.39 is 26.2 Å². The van der Waals surface area contributed by atoms with E-state index in [1.54, 1.807) is 41.2 Å². The van der Waals surface area contributed by atoms with Crippen LogP contribution < -0.4 is 16.0 Å². The predicted octanol–water partition coefficient (Wildman–Crippen LogP) is 1.77. The lowest BCUT2D eigenvalue weighted by Crippen LogP contribution is -2.29. The van der Waals surface area contributed by atoms with Gasteiger partial charge in [0.25, 0.3) is 15.6 Å². The molecule has 152 valence electrons. The highest BCUT2D eigenvalue weighted by Crippen LogP contribution is 2.22. The zero-order valence-corrected chi connectivity index (χ0v) is 16.6. The number of anilines is 1. The summed E-state index contributed by atoms with van der Waals surface area (Å²) in [5, 5.41) is 8.76. The number of hydrogen-bond donors (Lipinski definition) is 3. The maximum Gasteiger partial charge on any atom is 0.325 e. The molecule has 0 bridgehead atoms. The molecule has 0 amide bonds. The lowest BCUT2D eigenvalue weighted by molar-refractivity contribution is 0.599. The molecule has 3 N–H and O–H groups in total. The number of rotatable bonds is 5. The zero-order valence-electron chi connectivity index (χ0n) is 15.0. The summed E-state index contributed by atoms with van der Waals surface area (Å²) < 4.78 is 28.6. The van der Waals surface area contributed by atoms with Crippen molar-refractivity contribution in [3.8, 4) is 16.9 Å². The first kappa shape index (κ1) is 19.6. The first-order chi connectivity index (χ1) is 14.3. The van der Waals surface area contributed by atoms with Crippen molar-refractivity contribution < 1.29 is 8.42 Å². The van der Waals surface area contributed by atoms with Crippen molar-refractivity contribution in [2.24, 2.45) is 0 Å². The summed E-state index contributed by atoms with van der Waals surface area (Å²) in [7, 11) is -4.18. The highest BCUT2D eigenvalue weighted by atomic mass is 35.5. The largest absolute Gasteiger partial charge is 0.325 e. The predicted molar refractivity (Wildman–Crippen MR) is 110 cm³/mol. The smallest absolute Gasteiger partial charge is 0.313 e. The van der Waals surface area contributed by atoms with E-state index in [1.807, 2.05) is 11.1 Å². The minimum absolute atomic E-state index is 0.228. The maximum absolute atomic E-state index is 12.4. The molecule has 0 atom stereocenters. The van der Waals surface area contributed by atoms with Gasteiger partial charge in [-0.25, -0.2) is 17.9 Å². The second kappa shape index (κ2) is 7.61. The molecule has 0 spiro atoms. The van der Waals surface area contributed by atoms with Gasteiger partial charge in [-0.3, -0.25) is 14.5 Å². The van der Waals surface area contributed by atoms with Crippen LogP contribution in [0.25, 0.3) is 16.9 Å². The minimum Gasteiger partial charge on any atom is -0.313 e. The van der Waals surface area contributed by atoms with Crippen molar-refractivity contribution >= 4 is 27.3 Å². The summed E-state index contributed by atoms with van der Waals surface area (Å²) in [6.07, 6.45) is 2.55. The number of sulfonamides is 1. The van der Waals surface area contributed by atoms with Crippen molar-refractivity contribution in [3.05, 3.63) is 86.8 Å². The molecular formula is C18H13ClN6O4S. The Kier molecular flexibility index (Phi) is 4.98. The van der Waals surface area contributed by atoms with Crippen molar-refractivity contribution in [2.75, 3.05) is 4.72 Å². The molecule has 2 aromatic heterocycles. The van der Waals surface area contributed by atoms with Gasteiger partial charge in [-0.1, -0.05) is 35.0 Å². The molecule has 10 nitrogen and oxygen atoms in total. The lowest BCUT2D eigenvalue weighted by atomic mass is 10.1. The van der Waals surface area contributed by atoms with E-state index >= 15 is 0 Å². The second-order valence-corrected chi connectivity index (χ2v) is 8.23. The molecule has 0 saturated carbocycles. The van der Waals surface area contributed by atoms with Gasteiger partial charge < -0.3 is 4.98 Å². The van der Waals surface area contributed by atoms with Crippen LogP contribution in [0, 0.1) is 0 Å². The van der Waals surface area contributed by atoms with E-state index in [0.717, 1.165) is 11.9 Å². The van der Waals surface area contributed by atoms with E-state index in [0.29, 0.717) is 16.3 Å². The Hall–Kier alpha value is -3.70. The van der Waals surface area contributed by atoms with Crippen LogP contribution in [0.3, 0.4) is 0 Å². The fraction of sp³-hybridized carbons (Fsp3) is 0. The van der Waals surface area contributed by atoms with Crippen LogP contribution in [0.2, 0.25) is 5.02 Å². The first-order valence-electron chi connectivity index (χ1n) is 8.45.